The molecule has 0 aromatic heterocycles. The number of sulfonamides is 1. The van der Waals surface area contributed by atoms with Crippen molar-refractivity contribution in [1.29, 1.82) is 0 Å². The number of ether oxygens (including phenoxy) is 2. The molecule has 0 bridgehead atoms. The van der Waals surface area contributed by atoms with Crippen molar-refractivity contribution >= 4 is 10.0 Å². The van der Waals surface area contributed by atoms with Crippen LogP contribution in [-0.4, -0.2) is 33.0 Å². The fourth-order valence-corrected chi connectivity index (χ4v) is 3.76. The predicted molar refractivity (Wildman–Crippen MR) is 91.9 cm³/mol. The molecule has 6 heteroatoms. The van der Waals surface area contributed by atoms with Crippen molar-refractivity contribution < 1.29 is 17.9 Å². The number of aryl methyl sites for hydroxylation is 1. The standard InChI is InChI=1S/C18H21NO4S/c1-3-14-4-7-16(8-5-14)24(20,21)19(2)13-15-6-9-17-18(12-15)23-11-10-22-17/h4-9,12H,3,10-11,13H2,1-2H3. The predicted octanol–water partition coefficient (Wildman–Crippen LogP) is 2.84. The highest BCUT2D eigenvalue weighted by molar-refractivity contribution is 7.89. The Morgan fingerprint density at radius 2 is 1.58 bits per heavy atom. The molecule has 1 heterocycles. The number of rotatable bonds is 5. The van der Waals surface area contributed by atoms with Crippen LogP contribution in [-0.2, 0) is 23.0 Å². The second-order valence-corrected chi connectivity index (χ2v) is 7.78. The van der Waals surface area contributed by atoms with Gasteiger partial charge in [-0.15, -0.1) is 0 Å². The molecule has 128 valence electrons. The molecule has 0 fully saturated rings. The molecule has 3 rings (SSSR count). The van der Waals surface area contributed by atoms with E-state index in [1.54, 1.807) is 19.2 Å². The van der Waals surface area contributed by atoms with E-state index in [1.807, 2.05) is 37.3 Å². The Morgan fingerprint density at radius 1 is 0.958 bits per heavy atom. The Morgan fingerprint density at radius 3 is 2.25 bits per heavy atom. The number of benzene rings is 2. The Kier molecular flexibility index (Phi) is 4.78. The molecule has 1 aliphatic rings. The smallest absolute Gasteiger partial charge is 0.243 e. The minimum Gasteiger partial charge on any atom is -0.486 e. The molecular weight excluding hydrogens is 326 g/mol. The molecular formula is C18H21NO4S. The van der Waals surface area contributed by atoms with E-state index >= 15 is 0 Å². The zero-order valence-corrected chi connectivity index (χ0v) is 14.7. The van der Waals surface area contributed by atoms with Crippen LogP contribution in [0.1, 0.15) is 18.1 Å². The number of hydrogen-bond acceptors (Lipinski definition) is 4. The van der Waals surface area contributed by atoms with E-state index in [0.717, 1.165) is 17.5 Å². The van der Waals surface area contributed by atoms with Crippen molar-refractivity contribution in [3.63, 3.8) is 0 Å². The second kappa shape index (κ2) is 6.83. The average molecular weight is 347 g/mol. The van der Waals surface area contributed by atoms with Crippen LogP contribution in [0, 0.1) is 0 Å². The van der Waals surface area contributed by atoms with E-state index in [1.165, 1.54) is 4.31 Å². The van der Waals surface area contributed by atoms with Gasteiger partial charge in [0.1, 0.15) is 13.2 Å². The molecule has 0 saturated carbocycles. The summed E-state index contributed by atoms with van der Waals surface area (Å²) in [4.78, 5) is 0.305. The summed E-state index contributed by atoms with van der Waals surface area (Å²) in [5, 5.41) is 0. The van der Waals surface area contributed by atoms with E-state index in [2.05, 4.69) is 0 Å². The van der Waals surface area contributed by atoms with E-state index in [0.29, 0.717) is 29.6 Å². The van der Waals surface area contributed by atoms with Crippen molar-refractivity contribution in [3.05, 3.63) is 53.6 Å². The maximum absolute atomic E-state index is 12.7. The summed E-state index contributed by atoms with van der Waals surface area (Å²) in [5.41, 5.74) is 1.97. The SMILES string of the molecule is CCc1ccc(S(=O)(=O)N(C)Cc2ccc3c(c2)OCCO3)cc1. The van der Waals surface area contributed by atoms with Crippen LogP contribution in [0.2, 0.25) is 0 Å². The summed E-state index contributed by atoms with van der Waals surface area (Å²) in [5.74, 6) is 1.36. The van der Waals surface area contributed by atoms with Gasteiger partial charge in [-0.3, -0.25) is 0 Å². The highest BCUT2D eigenvalue weighted by atomic mass is 32.2. The number of hydrogen-bond donors (Lipinski definition) is 0. The van der Waals surface area contributed by atoms with Gasteiger partial charge in [0.05, 0.1) is 4.90 Å². The molecule has 0 atom stereocenters. The summed E-state index contributed by atoms with van der Waals surface area (Å²) in [6, 6.07) is 12.5. The number of nitrogens with zero attached hydrogens (tertiary/aromatic N) is 1. The molecule has 24 heavy (non-hydrogen) atoms. The molecule has 0 aliphatic carbocycles. The molecule has 0 amide bonds. The van der Waals surface area contributed by atoms with Crippen molar-refractivity contribution in [2.75, 3.05) is 20.3 Å². The Hall–Kier alpha value is -2.05. The van der Waals surface area contributed by atoms with Gasteiger partial charge in [-0.1, -0.05) is 25.1 Å². The first-order chi connectivity index (χ1) is 11.5. The van der Waals surface area contributed by atoms with Crippen LogP contribution in [0.15, 0.2) is 47.4 Å². The van der Waals surface area contributed by atoms with Crippen LogP contribution >= 0.6 is 0 Å². The third-order valence-electron chi connectivity index (χ3n) is 4.05. The fraction of sp³-hybridized carbons (Fsp3) is 0.333. The topological polar surface area (TPSA) is 55.8 Å². The van der Waals surface area contributed by atoms with Gasteiger partial charge in [0.2, 0.25) is 10.0 Å². The maximum atomic E-state index is 12.7. The molecule has 0 spiro atoms. The van der Waals surface area contributed by atoms with Crippen molar-refractivity contribution in [1.82, 2.24) is 4.31 Å². The summed E-state index contributed by atoms with van der Waals surface area (Å²) < 4.78 is 37.8. The van der Waals surface area contributed by atoms with Crippen molar-refractivity contribution in [2.45, 2.75) is 24.8 Å². The van der Waals surface area contributed by atoms with Crippen LogP contribution in [0.25, 0.3) is 0 Å². The lowest BCUT2D eigenvalue weighted by atomic mass is 10.2. The monoisotopic (exact) mass is 347 g/mol. The summed E-state index contributed by atoms with van der Waals surface area (Å²) in [6.07, 6.45) is 0.882. The number of fused-ring (bicyclic) bond motifs is 1. The summed E-state index contributed by atoms with van der Waals surface area (Å²) in [7, 11) is -1.94. The van der Waals surface area contributed by atoms with Gasteiger partial charge in [-0.2, -0.15) is 4.31 Å². The zero-order chi connectivity index (χ0) is 17.2. The molecule has 2 aromatic rings. The maximum Gasteiger partial charge on any atom is 0.243 e. The third kappa shape index (κ3) is 3.39. The Bertz CT molecular complexity index is 815. The fourth-order valence-electron chi connectivity index (χ4n) is 2.61. The average Bonchev–Trinajstić information content (AvgIpc) is 2.61. The highest BCUT2D eigenvalue weighted by Crippen LogP contribution is 2.31. The second-order valence-electron chi connectivity index (χ2n) is 5.74. The molecule has 1 aliphatic heterocycles. The lowest BCUT2D eigenvalue weighted by Crippen LogP contribution is -2.26. The van der Waals surface area contributed by atoms with Crippen molar-refractivity contribution in [2.24, 2.45) is 0 Å². The van der Waals surface area contributed by atoms with Crippen LogP contribution < -0.4 is 9.47 Å². The van der Waals surface area contributed by atoms with Gasteiger partial charge in [0, 0.05) is 13.6 Å². The lowest BCUT2D eigenvalue weighted by molar-refractivity contribution is 0.171. The van der Waals surface area contributed by atoms with Crippen LogP contribution in [0.4, 0.5) is 0 Å². The molecule has 5 nitrogen and oxygen atoms in total. The first kappa shape index (κ1) is 16.8. The largest absolute Gasteiger partial charge is 0.486 e. The highest BCUT2D eigenvalue weighted by Gasteiger charge is 2.21. The first-order valence-corrected chi connectivity index (χ1v) is 9.38. The normalized spacial score (nSPS) is 14.0. The van der Waals surface area contributed by atoms with E-state index in [4.69, 9.17) is 9.47 Å². The molecule has 0 unspecified atom stereocenters. The van der Waals surface area contributed by atoms with Gasteiger partial charge in [0.25, 0.3) is 0 Å². The Labute approximate surface area is 142 Å². The van der Waals surface area contributed by atoms with Gasteiger partial charge in [-0.05, 0) is 41.8 Å². The summed E-state index contributed by atoms with van der Waals surface area (Å²) in [6.45, 7) is 3.36. The van der Waals surface area contributed by atoms with E-state index in [-0.39, 0.29) is 6.54 Å². The Balaban J connectivity index is 1.78. The first-order valence-electron chi connectivity index (χ1n) is 7.94. The minimum absolute atomic E-state index is 0.272. The van der Waals surface area contributed by atoms with Gasteiger partial charge < -0.3 is 9.47 Å². The zero-order valence-electron chi connectivity index (χ0n) is 13.9. The lowest BCUT2D eigenvalue weighted by Gasteiger charge is -2.21. The van der Waals surface area contributed by atoms with Crippen LogP contribution in [0.5, 0.6) is 11.5 Å². The van der Waals surface area contributed by atoms with Crippen LogP contribution in [0.3, 0.4) is 0 Å². The molecule has 2 aromatic carbocycles. The van der Waals surface area contributed by atoms with Gasteiger partial charge in [-0.25, -0.2) is 8.42 Å². The summed E-state index contributed by atoms with van der Waals surface area (Å²) >= 11 is 0. The third-order valence-corrected chi connectivity index (χ3v) is 5.87. The van der Waals surface area contributed by atoms with E-state index in [9.17, 15) is 8.42 Å². The molecule has 0 N–H and O–H groups in total. The van der Waals surface area contributed by atoms with Gasteiger partial charge in [0.15, 0.2) is 11.5 Å². The van der Waals surface area contributed by atoms with E-state index < -0.39 is 10.0 Å². The van der Waals surface area contributed by atoms with Gasteiger partial charge >= 0.3 is 0 Å². The minimum atomic E-state index is -3.52. The molecule has 0 saturated heterocycles. The van der Waals surface area contributed by atoms with Crippen molar-refractivity contribution in [3.8, 4) is 11.5 Å². The molecule has 0 radical (unpaired) electrons. The quantitative estimate of drug-likeness (QED) is 0.835.